The van der Waals surface area contributed by atoms with Crippen LogP contribution in [0.2, 0.25) is 0 Å². The molecule has 1 atom stereocenters. The standard InChI is InChI=1S/C18H28N4O2S/c19-16-10-18(24-12-17(16)20)21-5-4-8-23-14-9-15(25-13-14)11-22-6-2-1-3-7-22/h9,12-13,18-19,21H,1-8,10-11,20H2. The Morgan fingerprint density at radius 2 is 2.20 bits per heavy atom. The van der Waals surface area contributed by atoms with E-state index in [1.54, 1.807) is 11.3 Å². The van der Waals surface area contributed by atoms with Crippen LogP contribution < -0.4 is 15.8 Å². The van der Waals surface area contributed by atoms with Gasteiger partial charge in [-0.15, -0.1) is 11.3 Å². The molecule has 0 aromatic carbocycles. The largest absolute Gasteiger partial charge is 0.493 e. The van der Waals surface area contributed by atoms with E-state index in [1.807, 2.05) is 0 Å². The number of nitrogens with zero attached hydrogens (tertiary/aromatic N) is 1. The number of ether oxygens (including phenoxy) is 2. The van der Waals surface area contributed by atoms with Gasteiger partial charge in [-0.2, -0.15) is 0 Å². The van der Waals surface area contributed by atoms with Crippen LogP contribution >= 0.6 is 11.3 Å². The van der Waals surface area contributed by atoms with Gasteiger partial charge in [0.25, 0.3) is 0 Å². The highest BCUT2D eigenvalue weighted by atomic mass is 32.1. The van der Waals surface area contributed by atoms with Crippen molar-refractivity contribution in [2.75, 3.05) is 26.2 Å². The summed E-state index contributed by atoms with van der Waals surface area (Å²) >= 11 is 1.79. The molecule has 3 rings (SSSR count). The van der Waals surface area contributed by atoms with E-state index in [0.29, 0.717) is 24.4 Å². The van der Waals surface area contributed by atoms with Gasteiger partial charge >= 0.3 is 0 Å². The summed E-state index contributed by atoms with van der Waals surface area (Å²) in [5, 5.41) is 13.1. The molecule has 3 heterocycles. The summed E-state index contributed by atoms with van der Waals surface area (Å²) in [4.78, 5) is 3.92. The molecule has 0 bridgehead atoms. The van der Waals surface area contributed by atoms with E-state index in [1.165, 1.54) is 43.5 Å². The van der Waals surface area contributed by atoms with Gasteiger partial charge in [0.05, 0.1) is 18.0 Å². The summed E-state index contributed by atoms with van der Waals surface area (Å²) in [5.41, 5.74) is 6.45. The average molecular weight is 365 g/mol. The van der Waals surface area contributed by atoms with Gasteiger partial charge in [-0.25, -0.2) is 0 Å². The fraction of sp³-hybridized carbons (Fsp3) is 0.611. The molecule has 1 fully saturated rings. The lowest BCUT2D eigenvalue weighted by Gasteiger charge is -2.25. The second-order valence-corrected chi connectivity index (χ2v) is 7.62. The van der Waals surface area contributed by atoms with Crippen LogP contribution in [0.4, 0.5) is 0 Å². The van der Waals surface area contributed by atoms with Crippen molar-refractivity contribution in [2.24, 2.45) is 5.73 Å². The predicted molar refractivity (Wildman–Crippen MR) is 101 cm³/mol. The molecule has 2 aliphatic rings. The first-order valence-electron chi connectivity index (χ1n) is 9.05. The van der Waals surface area contributed by atoms with E-state index in [2.05, 4.69) is 21.7 Å². The fourth-order valence-electron chi connectivity index (χ4n) is 3.08. The zero-order valence-electron chi connectivity index (χ0n) is 14.6. The van der Waals surface area contributed by atoms with Crippen molar-refractivity contribution in [2.45, 2.75) is 44.9 Å². The van der Waals surface area contributed by atoms with Crippen LogP contribution in [0.5, 0.6) is 5.75 Å². The first-order valence-corrected chi connectivity index (χ1v) is 9.93. The first kappa shape index (κ1) is 18.2. The van der Waals surface area contributed by atoms with E-state index in [9.17, 15) is 0 Å². The predicted octanol–water partition coefficient (Wildman–Crippen LogP) is 2.66. The molecule has 0 saturated carbocycles. The maximum Gasteiger partial charge on any atom is 0.155 e. The van der Waals surface area contributed by atoms with Gasteiger partial charge in [0.2, 0.25) is 0 Å². The second-order valence-electron chi connectivity index (χ2n) is 6.62. The third-order valence-electron chi connectivity index (χ3n) is 4.52. The van der Waals surface area contributed by atoms with Gasteiger partial charge in [0.1, 0.15) is 12.0 Å². The molecule has 1 saturated heterocycles. The third kappa shape index (κ3) is 5.73. The average Bonchev–Trinajstić information content (AvgIpc) is 3.06. The van der Waals surface area contributed by atoms with E-state index in [-0.39, 0.29) is 6.23 Å². The number of nitrogens with one attached hydrogen (secondary N) is 2. The van der Waals surface area contributed by atoms with E-state index in [4.69, 9.17) is 20.6 Å². The van der Waals surface area contributed by atoms with Crippen molar-refractivity contribution >= 4 is 17.0 Å². The van der Waals surface area contributed by atoms with Crippen LogP contribution in [0, 0.1) is 5.41 Å². The van der Waals surface area contributed by atoms with Crippen molar-refractivity contribution in [3.63, 3.8) is 0 Å². The zero-order chi connectivity index (χ0) is 17.5. The summed E-state index contributed by atoms with van der Waals surface area (Å²) < 4.78 is 11.3. The van der Waals surface area contributed by atoms with Crippen molar-refractivity contribution in [1.29, 1.82) is 5.41 Å². The van der Waals surface area contributed by atoms with Gasteiger partial charge in [-0.1, -0.05) is 6.42 Å². The molecule has 138 valence electrons. The van der Waals surface area contributed by atoms with Crippen LogP contribution in [0.15, 0.2) is 23.4 Å². The molecule has 0 amide bonds. The maximum atomic E-state index is 7.71. The Morgan fingerprint density at radius 1 is 1.36 bits per heavy atom. The number of nitrogens with two attached hydrogens (primary N) is 1. The molecule has 4 N–H and O–H groups in total. The van der Waals surface area contributed by atoms with E-state index in [0.717, 1.165) is 25.3 Å². The molecule has 25 heavy (non-hydrogen) atoms. The minimum atomic E-state index is -0.155. The number of hydrogen-bond acceptors (Lipinski definition) is 7. The van der Waals surface area contributed by atoms with E-state index >= 15 is 0 Å². The highest BCUT2D eigenvalue weighted by molar-refractivity contribution is 7.10. The fourth-order valence-corrected chi connectivity index (χ4v) is 3.93. The summed E-state index contributed by atoms with van der Waals surface area (Å²) in [6, 6.07) is 2.17. The number of piperidine rings is 1. The maximum absolute atomic E-state index is 7.71. The summed E-state index contributed by atoms with van der Waals surface area (Å²) in [6.07, 6.45) is 6.73. The number of rotatable bonds is 8. The minimum Gasteiger partial charge on any atom is -0.493 e. The molecule has 6 nitrogen and oxygen atoms in total. The number of hydrogen-bond donors (Lipinski definition) is 3. The van der Waals surface area contributed by atoms with Gasteiger partial charge in [-0.05, 0) is 38.4 Å². The molecule has 0 spiro atoms. The van der Waals surface area contributed by atoms with Crippen LogP contribution in [0.25, 0.3) is 0 Å². The molecule has 0 radical (unpaired) electrons. The Kier molecular flexibility index (Phi) is 6.72. The number of thiophene rings is 1. The van der Waals surface area contributed by atoms with Crippen LogP contribution in [0.3, 0.4) is 0 Å². The van der Waals surface area contributed by atoms with E-state index < -0.39 is 0 Å². The summed E-state index contributed by atoms with van der Waals surface area (Å²) in [6.45, 7) is 4.96. The quantitative estimate of drug-likeness (QED) is 0.618. The summed E-state index contributed by atoms with van der Waals surface area (Å²) in [7, 11) is 0. The topological polar surface area (TPSA) is 83.6 Å². The van der Waals surface area contributed by atoms with Crippen molar-refractivity contribution in [1.82, 2.24) is 10.2 Å². The normalized spacial score (nSPS) is 21.7. The lowest BCUT2D eigenvalue weighted by Crippen LogP contribution is -2.37. The second kappa shape index (κ2) is 9.22. The number of likely N-dealkylation sites (tertiary alicyclic amines) is 1. The van der Waals surface area contributed by atoms with Crippen molar-refractivity contribution in [3.05, 3.63) is 28.3 Å². The monoisotopic (exact) mass is 364 g/mol. The van der Waals surface area contributed by atoms with Crippen molar-refractivity contribution in [3.8, 4) is 5.75 Å². The lowest BCUT2D eigenvalue weighted by atomic mass is 10.1. The van der Waals surface area contributed by atoms with Gasteiger partial charge in [-0.3, -0.25) is 10.2 Å². The smallest absolute Gasteiger partial charge is 0.155 e. The van der Waals surface area contributed by atoms with Gasteiger partial charge < -0.3 is 20.6 Å². The SMILES string of the molecule is N=C1CC(NCCCOc2csc(CN3CCCCC3)c2)OC=C1N. The Hall–Kier alpha value is -1.57. The Bertz CT molecular complexity index is 596. The number of allylic oxidation sites excluding steroid dienone is 1. The molecule has 0 aliphatic carbocycles. The van der Waals surface area contributed by atoms with Crippen LogP contribution in [0.1, 0.15) is 37.0 Å². The lowest BCUT2D eigenvalue weighted by molar-refractivity contribution is 0.109. The van der Waals surface area contributed by atoms with Gasteiger partial charge in [0, 0.05) is 29.8 Å². The molecular weight excluding hydrogens is 336 g/mol. The Morgan fingerprint density at radius 3 is 3.00 bits per heavy atom. The highest BCUT2D eigenvalue weighted by Gasteiger charge is 2.17. The Balaban J connectivity index is 1.29. The van der Waals surface area contributed by atoms with Crippen LogP contribution in [-0.2, 0) is 11.3 Å². The Labute approximate surface area is 153 Å². The molecule has 1 aromatic heterocycles. The molecule has 1 unspecified atom stereocenters. The minimum absolute atomic E-state index is 0.155. The van der Waals surface area contributed by atoms with Gasteiger partial charge in [0.15, 0.2) is 6.23 Å². The zero-order valence-corrected chi connectivity index (χ0v) is 15.4. The molecule has 1 aromatic rings. The molecule has 2 aliphatic heterocycles. The van der Waals surface area contributed by atoms with Crippen molar-refractivity contribution < 1.29 is 9.47 Å². The highest BCUT2D eigenvalue weighted by Crippen LogP contribution is 2.24. The van der Waals surface area contributed by atoms with Crippen LogP contribution in [-0.4, -0.2) is 43.1 Å². The molecular formula is C18H28N4O2S. The summed E-state index contributed by atoms with van der Waals surface area (Å²) in [5.74, 6) is 0.975. The molecule has 7 heteroatoms. The first-order chi connectivity index (χ1) is 12.2. The third-order valence-corrected chi connectivity index (χ3v) is 5.42.